The Balaban J connectivity index is 0.00000392. The van der Waals surface area contributed by atoms with E-state index in [1.54, 1.807) is 6.07 Å². The Morgan fingerprint density at radius 2 is 1.71 bits per heavy atom. The monoisotopic (exact) mass is 406 g/mol. The zero-order valence-corrected chi connectivity index (χ0v) is 16.4. The maximum Gasteiger partial charge on any atom is 0.312 e. The van der Waals surface area contributed by atoms with Crippen LogP contribution >= 0.6 is 12.4 Å². The number of urea groups is 1. The van der Waals surface area contributed by atoms with E-state index in [4.69, 9.17) is 16.2 Å². The molecule has 1 atom stereocenters. The van der Waals surface area contributed by atoms with Gasteiger partial charge >= 0.3 is 6.03 Å². The van der Waals surface area contributed by atoms with Gasteiger partial charge in [-0.05, 0) is 49.2 Å². The van der Waals surface area contributed by atoms with Crippen LogP contribution in [0.2, 0.25) is 0 Å². The van der Waals surface area contributed by atoms with Crippen molar-refractivity contribution in [1.82, 2.24) is 10.6 Å². The molecule has 0 fully saturated rings. The minimum atomic E-state index is -0.690. The van der Waals surface area contributed by atoms with Gasteiger partial charge in [0.05, 0.1) is 12.5 Å². The molecule has 0 heterocycles. The van der Waals surface area contributed by atoms with Crippen molar-refractivity contribution >= 4 is 24.3 Å². The van der Waals surface area contributed by atoms with Gasteiger partial charge in [-0.25, -0.2) is 4.79 Å². The van der Waals surface area contributed by atoms with Crippen LogP contribution in [0.3, 0.4) is 0 Å². The molecule has 0 aromatic heterocycles. The Kier molecular flexibility index (Phi) is 10.5. The van der Waals surface area contributed by atoms with Crippen LogP contribution in [-0.4, -0.2) is 25.0 Å². The summed E-state index contributed by atoms with van der Waals surface area (Å²) in [6.07, 6.45) is 1.75. The summed E-state index contributed by atoms with van der Waals surface area (Å²) < 4.78 is 5.81. The molecular formula is C20H27ClN4O3. The molecule has 6 N–H and O–H groups in total. The molecule has 0 bridgehead atoms. The highest BCUT2D eigenvalue weighted by atomic mass is 35.5. The summed E-state index contributed by atoms with van der Waals surface area (Å²) in [5, 5.41) is 5.45. The quantitative estimate of drug-likeness (QED) is 0.453. The maximum atomic E-state index is 12.2. The van der Waals surface area contributed by atoms with E-state index >= 15 is 0 Å². The van der Waals surface area contributed by atoms with Gasteiger partial charge in [0.25, 0.3) is 0 Å². The van der Waals surface area contributed by atoms with Crippen LogP contribution in [0.4, 0.5) is 4.79 Å². The minimum absolute atomic E-state index is 0. The predicted molar refractivity (Wildman–Crippen MR) is 112 cm³/mol. The Labute approximate surface area is 171 Å². The molecule has 0 aliphatic carbocycles. The SMILES string of the molecule is Cl.NCCCCNC(=O)CC(NC(N)=O)c1cccc(Oc2ccccc2)c1. The summed E-state index contributed by atoms with van der Waals surface area (Å²) in [5.41, 5.74) is 11.5. The summed E-state index contributed by atoms with van der Waals surface area (Å²) in [6.45, 7) is 1.15. The molecule has 0 radical (unpaired) electrons. The largest absolute Gasteiger partial charge is 0.457 e. The smallest absolute Gasteiger partial charge is 0.312 e. The van der Waals surface area contributed by atoms with E-state index in [0.29, 0.717) is 24.6 Å². The van der Waals surface area contributed by atoms with E-state index < -0.39 is 12.1 Å². The number of nitrogens with one attached hydrogen (secondary N) is 2. The van der Waals surface area contributed by atoms with Gasteiger partial charge in [0.2, 0.25) is 5.91 Å². The predicted octanol–water partition coefficient (Wildman–Crippen LogP) is 2.86. The molecule has 2 aromatic rings. The van der Waals surface area contributed by atoms with Crippen molar-refractivity contribution in [3.05, 3.63) is 60.2 Å². The lowest BCUT2D eigenvalue weighted by molar-refractivity contribution is -0.121. The normalized spacial score (nSPS) is 11.0. The van der Waals surface area contributed by atoms with Gasteiger partial charge in [-0.2, -0.15) is 0 Å². The van der Waals surface area contributed by atoms with Gasteiger partial charge in [0.15, 0.2) is 0 Å². The van der Waals surface area contributed by atoms with Gasteiger partial charge in [0.1, 0.15) is 11.5 Å². The third-order valence-electron chi connectivity index (χ3n) is 3.90. The first-order chi connectivity index (χ1) is 13.1. The lowest BCUT2D eigenvalue weighted by Gasteiger charge is -2.18. The van der Waals surface area contributed by atoms with E-state index in [2.05, 4.69) is 10.6 Å². The van der Waals surface area contributed by atoms with Crippen LogP contribution in [0.25, 0.3) is 0 Å². The number of ether oxygens (including phenoxy) is 1. The second-order valence-corrected chi connectivity index (χ2v) is 6.10. The highest BCUT2D eigenvalue weighted by Crippen LogP contribution is 2.25. The number of nitrogens with two attached hydrogens (primary N) is 2. The number of primary amides is 1. The van der Waals surface area contributed by atoms with Crippen molar-refractivity contribution in [1.29, 1.82) is 0 Å². The number of carbonyl (C=O) groups is 2. The molecule has 1 unspecified atom stereocenters. The lowest BCUT2D eigenvalue weighted by Crippen LogP contribution is -2.36. The number of rotatable bonds is 10. The van der Waals surface area contributed by atoms with Crippen LogP contribution in [0.1, 0.15) is 30.9 Å². The first kappa shape index (κ1) is 23.3. The Hall–Kier alpha value is -2.77. The Morgan fingerprint density at radius 1 is 1.00 bits per heavy atom. The van der Waals surface area contributed by atoms with Crippen LogP contribution < -0.4 is 26.8 Å². The van der Waals surface area contributed by atoms with Crippen molar-refractivity contribution in [3.8, 4) is 11.5 Å². The molecule has 0 saturated carbocycles. The average Bonchev–Trinajstić information content (AvgIpc) is 2.65. The van der Waals surface area contributed by atoms with E-state index in [1.165, 1.54) is 0 Å². The van der Waals surface area contributed by atoms with Gasteiger partial charge in [-0.1, -0.05) is 30.3 Å². The first-order valence-corrected chi connectivity index (χ1v) is 8.94. The molecule has 2 aromatic carbocycles. The number of benzene rings is 2. The number of amides is 3. The van der Waals surface area contributed by atoms with Crippen molar-refractivity contribution < 1.29 is 14.3 Å². The fraction of sp³-hybridized carbons (Fsp3) is 0.300. The molecule has 8 heteroatoms. The summed E-state index contributed by atoms with van der Waals surface area (Å²) in [5.74, 6) is 1.14. The van der Waals surface area contributed by atoms with E-state index in [1.807, 2.05) is 48.5 Å². The molecule has 0 aliphatic rings. The standard InChI is InChI=1S/C20H26N4O3.ClH/c21-11-4-5-12-23-19(25)14-18(24-20(22)26)15-7-6-10-17(13-15)27-16-8-2-1-3-9-16;/h1-3,6-10,13,18H,4-5,11-12,14,21H2,(H,23,25)(H3,22,24,26);1H. The van der Waals surface area contributed by atoms with Crippen LogP contribution in [0, 0.1) is 0 Å². The molecule has 0 spiro atoms. The van der Waals surface area contributed by atoms with E-state index in [-0.39, 0.29) is 24.7 Å². The van der Waals surface area contributed by atoms with Crippen molar-refractivity contribution in [3.63, 3.8) is 0 Å². The molecule has 7 nitrogen and oxygen atoms in total. The number of carbonyl (C=O) groups excluding carboxylic acids is 2. The highest BCUT2D eigenvalue weighted by molar-refractivity contribution is 5.85. The van der Waals surface area contributed by atoms with E-state index in [9.17, 15) is 9.59 Å². The number of halogens is 1. The van der Waals surface area contributed by atoms with Crippen molar-refractivity contribution in [2.45, 2.75) is 25.3 Å². The number of para-hydroxylation sites is 1. The topological polar surface area (TPSA) is 119 Å². The molecule has 28 heavy (non-hydrogen) atoms. The summed E-state index contributed by atoms with van der Waals surface area (Å²) >= 11 is 0. The number of hydrogen-bond acceptors (Lipinski definition) is 4. The van der Waals surface area contributed by atoms with Gasteiger partial charge in [-0.3, -0.25) is 4.79 Å². The number of unbranched alkanes of at least 4 members (excludes halogenated alkanes) is 1. The summed E-state index contributed by atoms with van der Waals surface area (Å²) in [4.78, 5) is 23.6. The van der Waals surface area contributed by atoms with Crippen LogP contribution in [-0.2, 0) is 4.79 Å². The molecule has 2 rings (SSSR count). The maximum absolute atomic E-state index is 12.2. The molecular weight excluding hydrogens is 380 g/mol. The third-order valence-corrected chi connectivity index (χ3v) is 3.90. The van der Waals surface area contributed by atoms with Crippen LogP contribution in [0.5, 0.6) is 11.5 Å². The van der Waals surface area contributed by atoms with Crippen molar-refractivity contribution in [2.75, 3.05) is 13.1 Å². The molecule has 0 saturated heterocycles. The van der Waals surface area contributed by atoms with Gasteiger partial charge in [-0.15, -0.1) is 12.4 Å². The fourth-order valence-electron chi connectivity index (χ4n) is 2.60. The second-order valence-electron chi connectivity index (χ2n) is 6.10. The minimum Gasteiger partial charge on any atom is -0.457 e. The van der Waals surface area contributed by atoms with Crippen LogP contribution in [0.15, 0.2) is 54.6 Å². The summed E-state index contributed by atoms with van der Waals surface area (Å²) in [6, 6.07) is 15.4. The Bertz CT molecular complexity index is 743. The summed E-state index contributed by atoms with van der Waals surface area (Å²) in [7, 11) is 0. The molecule has 3 amide bonds. The van der Waals surface area contributed by atoms with Gasteiger partial charge in [0, 0.05) is 6.54 Å². The first-order valence-electron chi connectivity index (χ1n) is 8.94. The average molecular weight is 407 g/mol. The number of hydrogen-bond donors (Lipinski definition) is 4. The van der Waals surface area contributed by atoms with E-state index in [0.717, 1.165) is 18.4 Å². The van der Waals surface area contributed by atoms with Gasteiger partial charge < -0.3 is 26.8 Å². The fourth-order valence-corrected chi connectivity index (χ4v) is 2.60. The second kappa shape index (κ2) is 12.6. The molecule has 0 aliphatic heterocycles. The third kappa shape index (κ3) is 8.28. The zero-order valence-electron chi connectivity index (χ0n) is 15.6. The lowest BCUT2D eigenvalue weighted by atomic mass is 10.0. The molecule has 152 valence electrons. The zero-order chi connectivity index (χ0) is 19.5. The highest BCUT2D eigenvalue weighted by Gasteiger charge is 2.18. The Morgan fingerprint density at radius 3 is 2.39 bits per heavy atom. The van der Waals surface area contributed by atoms with Crippen molar-refractivity contribution in [2.24, 2.45) is 11.5 Å².